The zero-order valence-corrected chi connectivity index (χ0v) is 60.7. The van der Waals surface area contributed by atoms with Gasteiger partial charge in [-0.25, -0.2) is 9.13 Å². The van der Waals surface area contributed by atoms with Gasteiger partial charge in [0.2, 0.25) is 0 Å². The summed E-state index contributed by atoms with van der Waals surface area (Å²) in [6, 6.07) is 0. The third-order valence-corrected chi connectivity index (χ3v) is 16.9. The van der Waals surface area contributed by atoms with Gasteiger partial charge >= 0.3 is 39.5 Å². The summed E-state index contributed by atoms with van der Waals surface area (Å²) in [5.41, 5.74) is 0. The minimum atomic E-state index is -4.98. The lowest BCUT2D eigenvalue weighted by atomic mass is 10.1. The Hall–Kier alpha value is -4.02. The topological polar surface area (TPSA) is 237 Å². The second kappa shape index (κ2) is 67.5. The molecule has 5 atom stereocenters. The molecule has 0 amide bonds. The van der Waals surface area contributed by atoms with Gasteiger partial charge in [-0.05, 0) is 135 Å². The molecule has 0 saturated heterocycles. The predicted octanol–water partition coefficient (Wildman–Crippen LogP) is 20.4. The number of carbonyl (C=O) groups is 4. The van der Waals surface area contributed by atoms with E-state index in [4.69, 9.17) is 37.0 Å². The van der Waals surface area contributed by atoms with Crippen LogP contribution < -0.4 is 0 Å². The van der Waals surface area contributed by atoms with Crippen LogP contribution in [0.25, 0.3) is 0 Å². The Morgan fingerprint density at radius 2 is 0.585 bits per heavy atom. The summed E-state index contributed by atoms with van der Waals surface area (Å²) in [5, 5.41) is 10.6. The van der Waals surface area contributed by atoms with E-state index in [2.05, 4.69) is 125 Å². The second-order valence-corrected chi connectivity index (χ2v) is 27.0. The van der Waals surface area contributed by atoms with Gasteiger partial charge in [-0.3, -0.25) is 37.3 Å². The number of unbranched alkanes of at least 4 members (excludes halogenated alkanes) is 26. The Kier molecular flexibility index (Phi) is 64.7. The van der Waals surface area contributed by atoms with E-state index in [1.165, 1.54) is 51.4 Å². The molecular formula is C75H130O17P2. The highest BCUT2D eigenvalue weighted by atomic mass is 31.2. The van der Waals surface area contributed by atoms with E-state index in [1.54, 1.807) is 0 Å². The largest absolute Gasteiger partial charge is 0.472 e. The minimum absolute atomic E-state index is 0.0687. The molecule has 94 heavy (non-hydrogen) atoms. The molecule has 0 radical (unpaired) electrons. The first-order chi connectivity index (χ1) is 45.7. The molecule has 0 aliphatic rings. The molecule has 5 unspecified atom stereocenters. The zero-order chi connectivity index (χ0) is 69.0. The van der Waals surface area contributed by atoms with Crippen LogP contribution in [0.3, 0.4) is 0 Å². The number of aliphatic hydroxyl groups excluding tert-OH is 1. The van der Waals surface area contributed by atoms with Crippen LogP contribution in [0.2, 0.25) is 0 Å². The number of ether oxygens (including phenoxy) is 4. The van der Waals surface area contributed by atoms with E-state index in [9.17, 15) is 43.2 Å². The molecule has 542 valence electrons. The van der Waals surface area contributed by atoms with Crippen molar-refractivity contribution in [3.05, 3.63) is 97.2 Å². The van der Waals surface area contributed by atoms with Gasteiger partial charge in [-0.15, -0.1) is 0 Å². The lowest BCUT2D eigenvalue weighted by molar-refractivity contribution is -0.161. The van der Waals surface area contributed by atoms with Gasteiger partial charge < -0.3 is 33.8 Å². The highest BCUT2D eigenvalue weighted by molar-refractivity contribution is 7.47. The van der Waals surface area contributed by atoms with Crippen LogP contribution in [0.4, 0.5) is 0 Å². The molecule has 0 aliphatic carbocycles. The maximum Gasteiger partial charge on any atom is 0.472 e. The van der Waals surface area contributed by atoms with E-state index in [1.807, 2.05) is 0 Å². The van der Waals surface area contributed by atoms with Crippen molar-refractivity contribution in [1.29, 1.82) is 0 Å². The summed E-state index contributed by atoms with van der Waals surface area (Å²) in [6.45, 7) is 4.56. The lowest BCUT2D eigenvalue weighted by Gasteiger charge is -2.21. The molecule has 0 bridgehead atoms. The normalized spacial score (nSPS) is 14.6. The SMILES string of the molecule is CC/C=C\C/C=C\C/C=C\C/C=C\CCCCC(=O)OCC(COP(=O)(O)OCC(O)COP(=O)(O)OCC(COC(=O)CCCCCCC/C=C\CCCCCCCC)OC(=O)CCCCCCC/C=C\CCCC)OC(=O)CCCCCCC/C=C\C/C=C\CCC. The molecule has 0 fully saturated rings. The predicted molar refractivity (Wildman–Crippen MR) is 381 cm³/mol. The molecule has 0 aromatic rings. The number of esters is 4. The fourth-order valence-corrected chi connectivity index (χ4v) is 11.0. The number of phosphoric acid groups is 2. The number of carbonyl (C=O) groups excluding carboxylic acids is 4. The van der Waals surface area contributed by atoms with Gasteiger partial charge in [-0.2, -0.15) is 0 Å². The quantitative estimate of drug-likeness (QED) is 0.0169. The molecule has 3 N–H and O–H groups in total. The van der Waals surface area contributed by atoms with Crippen LogP contribution in [0, 0.1) is 0 Å². The van der Waals surface area contributed by atoms with Gasteiger partial charge in [0.1, 0.15) is 19.3 Å². The first-order valence-electron chi connectivity index (χ1n) is 36.5. The number of allylic oxidation sites excluding steroid dienone is 16. The zero-order valence-electron chi connectivity index (χ0n) is 58.9. The van der Waals surface area contributed by atoms with Gasteiger partial charge in [0.05, 0.1) is 26.4 Å². The summed E-state index contributed by atoms with van der Waals surface area (Å²) in [7, 11) is -9.96. The smallest absolute Gasteiger partial charge is 0.462 e. The van der Waals surface area contributed by atoms with Crippen molar-refractivity contribution in [2.75, 3.05) is 39.6 Å². The highest BCUT2D eigenvalue weighted by Crippen LogP contribution is 2.45. The average Bonchev–Trinajstić information content (AvgIpc) is 1.55. The van der Waals surface area contributed by atoms with Gasteiger partial charge in [0.15, 0.2) is 12.2 Å². The Labute approximate surface area is 569 Å². The van der Waals surface area contributed by atoms with Crippen molar-refractivity contribution in [2.24, 2.45) is 0 Å². The summed E-state index contributed by atoms with van der Waals surface area (Å²) < 4.78 is 68.2. The van der Waals surface area contributed by atoms with Crippen molar-refractivity contribution < 1.29 is 80.2 Å². The fraction of sp³-hybridized carbons (Fsp3) is 0.733. The van der Waals surface area contributed by atoms with E-state index < -0.39 is 97.5 Å². The van der Waals surface area contributed by atoms with Crippen molar-refractivity contribution >= 4 is 39.5 Å². The molecule has 0 aromatic carbocycles. The average molecular weight is 1370 g/mol. The third-order valence-electron chi connectivity index (χ3n) is 15.0. The maximum absolute atomic E-state index is 13.0. The van der Waals surface area contributed by atoms with Crippen molar-refractivity contribution in [1.82, 2.24) is 0 Å². The van der Waals surface area contributed by atoms with Crippen LogP contribution in [0.1, 0.15) is 297 Å². The van der Waals surface area contributed by atoms with Crippen molar-refractivity contribution in [2.45, 2.75) is 316 Å². The van der Waals surface area contributed by atoms with Crippen LogP contribution in [0.15, 0.2) is 97.2 Å². The molecule has 19 heteroatoms. The third kappa shape index (κ3) is 66.6. The molecular weight excluding hydrogens is 1230 g/mol. The second-order valence-electron chi connectivity index (χ2n) is 24.1. The molecule has 0 aromatic heterocycles. The monoisotopic (exact) mass is 1360 g/mol. The standard InChI is InChI=1S/C75H130O17P2/c1-5-9-13-17-21-25-29-32-34-37-40-43-47-51-55-59-72(77)85-65-70(91-74(79)61-57-53-49-45-39-28-24-20-16-12-8-4)67-89-93(81,82)87-63-69(76)64-88-94(83,84)90-68-71(92-75(80)62-58-54-50-46-42-36-31-27-23-19-15-11-7-3)66-86-73(78)60-56-52-48-44-41-38-35-33-30-26-22-18-14-10-6-2/h10,14-15,19-20,22,24,26-27,31-35,41,44,69-71,76H,5-9,11-13,16-18,21,23,25,28-30,36-40,42-43,45-68H2,1-4H3,(H,81,82)(H,83,84)/b14-10-,19-15-,24-20-,26-22-,31-27-,34-32-,35-33-,44-41-. The molecule has 0 heterocycles. The summed E-state index contributed by atoms with van der Waals surface area (Å²) in [5.74, 6) is -2.25. The van der Waals surface area contributed by atoms with Crippen molar-refractivity contribution in [3.63, 3.8) is 0 Å². The van der Waals surface area contributed by atoms with E-state index >= 15 is 0 Å². The molecule has 0 rings (SSSR count). The minimum Gasteiger partial charge on any atom is -0.462 e. The van der Waals surface area contributed by atoms with Gasteiger partial charge in [0.25, 0.3) is 0 Å². The summed E-state index contributed by atoms with van der Waals surface area (Å²) in [4.78, 5) is 72.6. The Bertz CT molecular complexity index is 2170. The van der Waals surface area contributed by atoms with E-state index in [0.717, 1.165) is 167 Å². The van der Waals surface area contributed by atoms with Crippen LogP contribution in [-0.2, 0) is 65.4 Å². The van der Waals surface area contributed by atoms with Crippen LogP contribution in [0.5, 0.6) is 0 Å². The first kappa shape index (κ1) is 90.0. The van der Waals surface area contributed by atoms with Gasteiger partial charge in [0, 0.05) is 25.7 Å². The number of phosphoric ester groups is 2. The van der Waals surface area contributed by atoms with Gasteiger partial charge in [-0.1, -0.05) is 234 Å². The van der Waals surface area contributed by atoms with Crippen LogP contribution >= 0.6 is 15.6 Å². The Morgan fingerprint density at radius 1 is 0.309 bits per heavy atom. The lowest BCUT2D eigenvalue weighted by Crippen LogP contribution is -2.30. The number of hydrogen-bond acceptors (Lipinski definition) is 15. The summed E-state index contributed by atoms with van der Waals surface area (Å²) >= 11 is 0. The number of hydrogen-bond donors (Lipinski definition) is 3. The van der Waals surface area contributed by atoms with E-state index in [0.29, 0.717) is 25.7 Å². The number of aliphatic hydroxyl groups is 1. The number of rotatable bonds is 68. The molecule has 17 nitrogen and oxygen atoms in total. The Balaban J connectivity index is 5.36. The highest BCUT2D eigenvalue weighted by Gasteiger charge is 2.30. The fourth-order valence-electron chi connectivity index (χ4n) is 9.40. The van der Waals surface area contributed by atoms with E-state index in [-0.39, 0.29) is 25.7 Å². The molecule has 0 saturated carbocycles. The first-order valence-corrected chi connectivity index (χ1v) is 39.5. The van der Waals surface area contributed by atoms with Crippen molar-refractivity contribution in [3.8, 4) is 0 Å². The molecule has 0 spiro atoms. The summed E-state index contributed by atoms with van der Waals surface area (Å²) in [6.07, 6.45) is 68.5. The van der Waals surface area contributed by atoms with Crippen LogP contribution in [-0.4, -0.2) is 96.7 Å². The molecule has 0 aliphatic heterocycles. The Morgan fingerprint density at radius 3 is 0.957 bits per heavy atom. The maximum atomic E-state index is 13.0.